The predicted molar refractivity (Wildman–Crippen MR) is 415 cm³/mol. The van der Waals surface area contributed by atoms with Crippen LogP contribution in [0.3, 0.4) is 0 Å². The fourth-order valence-electron chi connectivity index (χ4n) is 15.2. The second-order valence-electron chi connectivity index (χ2n) is 25.1. The Morgan fingerprint density at radius 3 is 0.827 bits per heavy atom. The van der Waals surface area contributed by atoms with Gasteiger partial charge in [0.15, 0.2) is 0 Å². The highest BCUT2D eigenvalue weighted by Crippen LogP contribution is 2.44. The van der Waals surface area contributed by atoms with Crippen molar-refractivity contribution in [2.75, 3.05) is 0 Å². The summed E-state index contributed by atoms with van der Waals surface area (Å²) in [7, 11) is 0. The topological polar surface area (TPSA) is 242 Å². The number of benzene rings is 17. The van der Waals surface area contributed by atoms with Crippen LogP contribution in [0.4, 0.5) is 0 Å². The van der Waals surface area contributed by atoms with Crippen LogP contribution >= 0.6 is 0 Å². The lowest BCUT2D eigenvalue weighted by atomic mass is 9.89. The second-order valence-corrected chi connectivity index (χ2v) is 25.1. The van der Waals surface area contributed by atoms with Crippen LogP contribution in [0.5, 0.6) is 0 Å². The Kier molecular flexibility index (Phi) is 15.0. The van der Waals surface area contributed by atoms with Crippen LogP contribution in [0, 0.1) is 90.6 Å². The maximum Gasteiger partial charge on any atom is 0.101 e. The first-order chi connectivity index (χ1) is 51.3. The third kappa shape index (κ3) is 9.84. The molecule has 0 aliphatic heterocycles. The molecule has 0 radical (unpaired) electrons. The molecule has 0 fully saturated rings. The van der Waals surface area contributed by atoms with Gasteiger partial charge in [0.05, 0.1) is 66.6 Å². The molecule has 472 valence electrons. The number of nitriles is 8. The van der Waals surface area contributed by atoms with Crippen LogP contribution in [0.2, 0.25) is 0 Å². The number of fused-ring (bicyclic) bond motifs is 32. The standard InChI is InChI=1S/C24H12N2.2C23H11N3.C22H10N4/c25-13-16-11-22-19-7-3-4-8-20(19)24-18-6-2-1-5-15(18)9-10-21(24)23(22)12-17(16)14-26;24-12-15-10-20-18-8-7-14-4-1-2-5-17(14)22(18)19-6-3-9-26-23(19)21(20)11-16(15)13-25;24-12-15-10-20-18-8-7-14-4-1-2-5-17(14)22(18)23-19(6-3-9-26-23)21(20)11-16(15)13-25;23-11-14-9-18-17-6-5-13-3-1-2-4-16(13)20(17)22-21(25-7-8-26-22)19(18)10-15(14)12-24/h1-12H;2*1-11H;1-10H. The van der Waals surface area contributed by atoms with E-state index in [2.05, 4.69) is 190 Å². The van der Waals surface area contributed by atoms with Gasteiger partial charge in [0.25, 0.3) is 0 Å². The molecule has 20 rings (SSSR count). The minimum atomic E-state index is 0.354. The second kappa shape index (κ2) is 25.2. The van der Waals surface area contributed by atoms with E-state index < -0.39 is 0 Å². The SMILES string of the molecule is N#Cc1cc2c(cc1C#N)c1ccc3ccccc3c1c1ncccc21.N#Cc1cc2c(cc1C#N)c1ncccc1c1c3ccccc3ccc21.N#Cc1cc2c(cc1C#N)c1nccnc1c1c3ccccc3ccc21.N#Cc1cc2c3ccccc3c3c4ccccc4ccc3c2cc1C#N. The minimum absolute atomic E-state index is 0.354. The largest absolute Gasteiger partial charge is 0.256 e. The van der Waals surface area contributed by atoms with Gasteiger partial charge < -0.3 is 0 Å². The molecule has 104 heavy (non-hydrogen) atoms. The monoisotopic (exact) mass is 1320 g/mol. The van der Waals surface area contributed by atoms with E-state index in [0.29, 0.717) is 44.5 Å². The lowest BCUT2D eigenvalue weighted by Crippen LogP contribution is -1.92. The van der Waals surface area contributed by atoms with Crippen molar-refractivity contribution in [2.45, 2.75) is 0 Å². The number of aromatic nitrogens is 4. The van der Waals surface area contributed by atoms with E-state index in [1.165, 1.54) is 26.9 Å². The van der Waals surface area contributed by atoms with E-state index in [4.69, 9.17) is 0 Å². The molecule has 0 atom stereocenters. The number of nitrogens with zero attached hydrogens (tertiary/aromatic N) is 12. The Labute approximate surface area is 591 Å². The zero-order valence-corrected chi connectivity index (χ0v) is 54.8. The van der Waals surface area contributed by atoms with Gasteiger partial charge in [-0.15, -0.1) is 0 Å². The molecule has 17 aromatic carbocycles. The zero-order valence-electron chi connectivity index (χ0n) is 54.8. The zero-order chi connectivity index (χ0) is 70.7. The normalized spacial score (nSPS) is 11.0. The van der Waals surface area contributed by atoms with Gasteiger partial charge in [-0.05, 0) is 179 Å². The van der Waals surface area contributed by atoms with Gasteiger partial charge in [0.2, 0.25) is 0 Å². The third-order valence-electron chi connectivity index (χ3n) is 19.8. The average molecular weight is 1320 g/mol. The van der Waals surface area contributed by atoms with Gasteiger partial charge in [0.1, 0.15) is 48.6 Å². The molecule has 0 aliphatic carbocycles. The summed E-state index contributed by atoms with van der Waals surface area (Å²) < 4.78 is 0. The van der Waals surface area contributed by atoms with Crippen molar-refractivity contribution in [1.29, 1.82) is 42.1 Å². The molecule has 0 N–H and O–H groups in total. The lowest BCUT2D eigenvalue weighted by molar-refractivity contribution is 1.31. The van der Waals surface area contributed by atoms with Gasteiger partial charge in [-0.25, -0.2) is 0 Å². The number of rotatable bonds is 0. The lowest BCUT2D eigenvalue weighted by Gasteiger charge is -2.13. The van der Waals surface area contributed by atoms with E-state index in [-0.39, 0.29) is 0 Å². The fourth-order valence-corrected chi connectivity index (χ4v) is 15.2. The first-order valence-corrected chi connectivity index (χ1v) is 33.1. The van der Waals surface area contributed by atoms with Gasteiger partial charge in [-0.3, -0.25) is 19.9 Å². The molecule has 20 aromatic rings. The molecule has 12 nitrogen and oxygen atoms in total. The average Bonchev–Trinajstić information content (AvgIpc) is 0.747. The summed E-state index contributed by atoms with van der Waals surface area (Å²) in [6, 6.07) is 97.7. The van der Waals surface area contributed by atoms with Gasteiger partial charge in [-0.2, -0.15) is 42.1 Å². The molecule has 3 aromatic heterocycles. The van der Waals surface area contributed by atoms with Crippen molar-refractivity contribution in [2.24, 2.45) is 0 Å². The molecule has 12 heteroatoms. The molecule has 0 saturated carbocycles. The Hall–Kier alpha value is -15.8. The highest BCUT2D eigenvalue weighted by Gasteiger charge is 2.20. The van der Waals surface area contributed by atoms with E-state index in [9.17, 15) is 42.1 Å². The molecule has 0 bridgehead atoms. The molecule has 0 saturated heterocycles. The van der Waals surface area contributed by atoms with Crippen molar-refractivity contribution in [1.82, 2.24) is 19.9 Å². The number of hydrogen-bond donors (Lipinski definition) is 0. The summed E-state index contributed by atoms with van der Waals surface area (Å²) in [6.45, 7) is 0. The summed E-state index contributed by atoms with van der Waals surface area (Å²) in [5.41, 5.74) is 6.46. The van der Waals surface area contributed by atoms with Crippen LogP contribution in [-0.2, 0) is 0 Å². The maximum atomic E-state index is 9.47. The summed E-state index contributed by atoms with van der Waals surface area (Å²) in [5, 5.41) is 105. The first kappa shape index (κ1) is 61.8. The molecule has 0 unspecified atom stereocenters. The van der Waals surface area contributed by atoms with E-state index >= 15 is 0 Å². The van der Waals surface area contributed by atoms with Gasteiger partial charge in [0, 0.05) is 57.1 Å². The molecule has 0 aliphatic rings. The van der Waals surface area contributed by atoms with Crippen molar-refractivity contribution < 1.29 is 0 Å². The number of pyridine rings is 2. The van der Waals surface area contributed by atoms with E-state index in [1.54, 1.807) is 43.0 Å². The number of hydrogen-bond acceptors (Lipinski definition) is 12. The summed E-state index contributed by atoms with van der Waals surface area (Å²) in [4.78, 5) is 18.4. The molecular formula is C92H44N12. The summed E-state index contributed by atoms with van der Waals surface area (Å²) >= 11 is 0. The first-order valence-electron chi connectivity index (χ1n) is 33.1. The van der Waals surface area contributed by atoms with E-state index in [0.717, 1.165) is 146 Å². The third-order valence-corrected chi connectivity index (χ3v) is 19.8. The highest BCUT2D eigenvalue weighted by atomic mass is 14.8. The fraction of sp³-hybridized carbons (Fsp3) is 0. The predicted octanol–water partition coefficient (Wildman–Crippen LogP) is 21.8. The molecule has 0 spiro atoms. The van der Waals surface area contributed by atoms with Crippen LogP contribution in [0.25, 0.3) is 173 Å². The minimum Gasteiger partial charge on any atom is -0.256 e. The van der Waals surface area contributed by atoms with Crippen LogP contribution < -0.4 is 0 Å². The molecule has 0 amide bonds. The molecular weight excluding hydrogens is 1270 g/mol. The Morgan fingerprint density at radius 2 is 0.413 bits per heavy atom. The van der Waals surface area contributed by atoms with Crippen LogP contribution in [0.15, 0.2) is 267 Å². The van der Waals surface area contributed by atoms with Crippen molar-refractivity contribution >= 4 is 173 Å². The van der Waals surface area contributed by atoms with Crippen LogP contribution in [0.1, 0.15) is 44.5 Å². The van der Waals surface area contributed by atoms with E-state index in [1.807, 2.05) is 103 Å². The van der Waals surface area contributed by atoms with Crippen LogP contribution in [-0.4, -0.2) is 19.9 Å². The Bertz CT molecular complexity index is 6710. The Morgan fingerprint density at radius 1 is 0.163 bits per heavy atom. The maximum absolute atomic E-state index is 9.47. The summed E-state index contributed by atoms with van der Waals surface area (Å²) in [5.74, 6) is 0. The summed E-state index contributed by atoms with van der Waals surface area (Å²) in [6.07, 6.45) is 6.90. The quantitative estimate of drug-likeness (QED) is 0.129. The smallest absolute Gasteiger partial charge is 0.101 e. The van der Waals surface area contributed by atoms with Crippen molar-refractivity contribution in [3.8, 4) is 48.6 Å². The molecule has 3 heterocycles. The van der Waals surface area contributed by atoms with Crippen molar-refractivity contribution in [3.63, 3.8) is 0 Å². The van der Waals surface area contributed by atoms with Gasteiger partial charge in [-0.1, -0.05) is 182 Å². The highest BCUT2D eigenvalue weighted by molar-refractivity contribution is 6.35. The van der Waals surface area contributed by atoms with Gasteiger partial charge >= 0.3 is 0 Å². The van der Waals surface area contributed by atoms with Crippen molar-refractivity contribution in [3.05, 3.63) is 312 Å². The Balaban J connectivity index is 0.000000103.